The number of rotatable bonds is 2. The zero-order valence-electron chi connectivity index (χ0n) is 20.0. The molecule has 0 spiro atoms. The van der Waals surface area contributed by atoms with Gasteiger partial charge in [0.15, 0.2) is 0 Å². The predicted molar refractivity (Wildman–Crippen MR) is 123 cm³/mol. The van der Waals surface area contributed by atoms with E-state index in [1.165, 1.54) is 18.2 Å². The minimum absolute atomic E-state index is 0.0557. The van der Waals surface area contributed by atoms with E-state index in [2.05, 4.69) is 25.2 Å². The van der Waals surface area contributed by atoms with Crippen LogP contribution in [0.1, 0.15) is 68.3 Å². The summed E-state index contributed by atoms with van der Waals surface area (Å²) >= 11 is 0. The van der Waals surface area contributed by atoms with Crippen molar-refractivity contribution in [2.75, 3.05) is 7.05 Å². The molecular formula is C27H33F3N2O2. The summed E-state index contributed by atoms with van der Waals surface area (Å²) in [6.07, 6.45) is 5.01. The molecule has 1 heterocycles. The maximum atomic E-state index is 13.5. The second-order valence-electron chi connectivity index (χ2n) is 11.3. The maximum Gasteiger partial charge on any atom is 0.417 e. The fraction of sp³-hybridized carbons (Fsp3) is 0.630. The zero-order valence-corrected chi connectivity index (χ0v) is 20.0. The Balaban J connectivity index is 1.37. The number of halogens is 3. The standard InChI is InChI=1S/C27H33F3N2O2/c1-25-14-12-19-16(8-11-22-26(19,2)15-13-23(33)32(22)3)18(25)9-10-21(25)31-24(34)17-6-4-5-7-20(17)27(28,29)30/h4-7,13,15-16,18-19,21-22H,8-12,14H2,1-3H3,(H,31,34)/t16-,18-,19-,21-,22+,25-,26+/m0/s1. The lowest BCUT2D eigenvalue weighted by molar-refractivity contribution is -0.139. The Morgan fingerprint density at radius 3 is 2.53 bits per heavy atom. The van der Waals surface area contributed by atoms with Crippen LogP contribution in [-0.4, -0.2) is 35.8 Å². The van der Waals surface area contributed by atoms with Crippen molar-refractivity contribution in [2.24, 2.45) is 28.6 Å². The quantitative estimate of drug-likeness (QED) is 0.620. The Bertz CT molecular complexity index is 1040. The van der Waals surface area contributed by atoms with E-state index in [1.54, 1.807) is 6.08 Å². The third kappa shape index (κ3) is 3.41. The van der Waals surface area contributed by atoms with Crippen molar-refractivity contribution in [3.8, 4) is 0 Å². The number of hydrogen-bond acceptors (Lipinski definition) is 2. The molecule has 34 heavy (non-hydrogen) atoms. The Morgan fingerprint density at radius 2 is 1.79 bits per heavy atom. The first kappa shape index (κ1) is 23.4. The van der Waals surface area contributed by atoms with Gasteiger partial charge < -0.3 is 10.2 Å². The van der Waals surface area contributed by atoms with Gasteiger partial charge in [-0.05, 0) is 79.9 Å². The van der Waals surface area contributed by atoms with Crippen molar-refractivity contribution in [3.63, 3.8) is 0 Å². The number of amides is 2. The van der Waals surface area contributed by atoms with Gasteiger partial charge >= 0.3 is 6.18 Å². The fourth-order valence-corrected chi connectivity index (χ4v) is 8.14. The summed E-state index contributed by atoms with van der Waals surface area (Å²) in [6, 6.07) is 5.11. The predicted octanol–water partition coefficient (Wildman–Crippen LogP) is 5.44. The average molecular weight is 475 g/mol. The number of hydrogen-bond donors (Lipinski definition) is 1. The van der Waals surface area contributed by atoms with Crippen LogP contribution in [0.3, 0.4) is 0 Å². The molecule has 3 saturated carbocycles. The molecule has 0 bridgehead atoms. The van der Waals surface area contributed by atoms with Crippen LogP contribution in [0, 0.1) is 28.6 Å². The SMILES string of the molecule is CN1C(=O)C=C[C@]2(C)[C@H]3CC[C@]4(C)[C@@H](NC(=O)c5ccccc5C(F)(F)F)CC[C@H]4[C@@H]3CC[C@@H]12. The van der Waals surface area contributed by atoms with Crippen LogP contribution >= 0.6 is 0 Å². The Kier molecular flexibility index (Phi) is 5.41. The van der Waals surface area contributed by atoms with Crippen LogP contribution in [0.2, 0.25) is 0 Å². The molecule has 5 rings (SSSR count). The molecule has 1 N–H and O–H groups in total. The van der Waals surface area contributed by atoms with E-state index in [-0.39, 0.29) is 34.4 Å². The molecule has 0 aromatic heterocycles. The van der Waals surface area contributed by atoms with Gasteiger partial charge in [-0.3, -0.25) is 9.59 Å². The molecule has 4 aliphatic rings. The average Bonchev–Trinajstić information content (AvgIpc) is 3.12. The van der Waals surface area contributed by atoms with Gasteiger partial charge in [-0.2, -0.15) is 13.2 Å². The van der Waals surface area contributed by atoms with Crippen LogP contribution in [-0.2, 0) is 11.0 Å². The van der Waals surface area contributed by atoms with Gasteiger partial charge in [-0.15, -0.1) is 0 Å². The van der Waals surface area contributed by atoms with E-state index in [9.17, 15) is 22.8 Å². The molecule has 0 unspecified atom stereocenters. The normalized spacial score (nSPS) is 39.3. The number of nitrogens with one attached hydrogen (secondary N) is 1. The van der Waals surface area contributed by atoms with Crippen molar-refractivity contribution in [2.45, 2.75) is 70.6 Å². The highest BCUT2D eigenvalue weighted by Crippen LogP contribution is 2.64. The first-order chi connectivity index (χ1) is 16.0. The Morgan fingerprint density at radius 1 is 1.06 bits per heavy atom. The van der Waals surface area contributed by atoms with Crippen molar-refractivity contribution in [3.05, 3.63) is 47.5 Å². The lowest BCUT2D eigenvalue weighted by atomic mass is 9.48. The van der Waals surface area contributed by atoms with E-state index >= 15 is 0 Å². The molecule has 1 aliphatic heterocycles. The molecule has 184 valence electrons. The summed E-state index contributed by atoms with van der Waals surface area (Å²) in [7, 11) is 1.90. The summed E-state index contributed by atoms with van der Waals surface area (Å²) in [5.41, 5.74) is -1.37. The topological polar surface area (TPSA) is 49.4 Å². The van der Waals surface area contributed by atoms with Gasteiger partial charge in [0.2, 0.25) is 5.91 Å². The number of likely N-dealkylation sites (N-methyl/N-ethyl adjacent to an activating group) is 1. The highest BCUT2D eigenvalue weighted by atomic mass is 19.4. The number of carbonyl (C=O) groups excluding carboxylic acids is 2. The molecular weight excluding hydrogens is 441 g/mol. The van der Waals surface area contributed by atoms with Crippen LogP contribution < -0.4 is 5.32 Å². The molecule has 0 radical (unpaired) electrons. The Hall–Kier alpha value is -2.31. The summed E-state index contributed by atoms with van der Waals surface area (Å²) < 4.78 is 40.4. The molecule has 3 aliphatic carbocycles. The lowest BCUT2D eigenvalue weighted by Crippen LogP contribution is -2.60. The zero-order chi connectivity index (χ0) is 24.5. The van der Waals surface area contributed by atoms with Crippen molar-refractivity contribution in [1.29, 1.82) is 0 Å². The fourth-order valence-electron chi connectivity index (χ4n) is 8.14. The minimum atomic E-state index is -4.57. The summed E-state index contributed by atoms with van der Waals surface area (Å²) in [5.74, 6) is 0.827. The third-order valence-electron chi connectivity index (χ3n) is 9.91. The molecule has 0 saturated heterocycles. The summed E-state index contributed by atoms with van der Waals surface area (Å²) in [6.45, 7) is 4.52. The van der Waals surface area contributed by atoms with E-state index in [1.807, 2.05) is 11.9 Å². The van der Waals surface area contributed by atoms with Gasteiger partial charge in [-0.1, -0.05) is 32.1 Å². The first-order valence-corrected chi connectivity index (χ1v) is 12.4. The number of nitrogens with zero attached hydrogens (tertiary/aromatic N) is 1. The lowest BCUT2D eigenvalue weighted by Gasteiger charge is -2.60. The minimum Gasteiger partial charge on any atom is -0.349 e. The highest BCUT2D eigenvalue weighted by molar-refractivity contribution is 5.96. The number of alkyl halides is 3. The summed E-state index contributed by atoms with van der Waals surface area (Å²) in [5, 5.41) is 3.02. The summed E-state index contributed by atoms with van der Waals surface area (Å²) in [4.78, 5) is 27.2. The number of carbonyl (C=O) groups is 2. The van der Waals surface area contributed by atoms with E-state index in [4.69, 9.17) is 0 Å². The van der Waals surface area contributed by atoms with Crippen LogP contribution in [0.15, 0.2) is 36.4 Å². The van der Waals surface area contributed by atoms with Crippen molar-refractivity contribution in [1.82, 2.24) is 10.2 Å². The monoisotopic (exact) mass is 474 g/mol. The molecule has 7 heteroatoms. The molecule has 4 nitrogen and oxygen atoms in total. The highest BCUT2D eigenvalue weighted by Gasteiger charge is 2.60. The Labute approximate surface area is 199 Å². The second-order valence-corrected chi connectivity index (χ2v) is 11.3. The number of benzene rings is 1. The van der Waals surface area contributed by atoms with E-state index in [0.717, 1.165) is 44.6 Å². The van der Waals surface area contributed by atoms with Crippen molar-refractivity contribution < 1.29 is 22.8 Å². The molecule has 7 atom stereocenters. The van der Waals surface area contributed by atoms with Gasteiger partial charge in [0, 0.05) is 24.5 Å². The smallest absolute Gasteiger partial charge is 0.349 e. The third-order valence-corrected chi connectivity index (χ3v) is 9.91. The first-order valence-electron chi connectivity index (χ1n) is 12.4. The maximum absolute atomic E-state index is 13.5. The second kappa shape index (κ2) is 7.85. The van der Waals surface area contributed by atoms with Gasteiger partial charge in [0.1, 0.15) is 0 Å². The molecule has 1 aromatic carbocycles. The number of fused-ring (bicyclic) bond motifs is 5. The molecule has 2 amide bonds. The van der Waals surface area contributed by atoms with E-state index < -0.39 is 17.6 Å². The van der Waals surface area contributed by atoms with Crippen LogP contribution in [0.5, 0.6) is 0 Å². The van der Waals surface area contributed by atoms with E-state index in [0.29, 0.717) is 17.8 Å². The van der Waals surface area contributed by atoms with Crippen molar-refractivity contribution >= 4 is 11.8 Å². The molecule has 3 fully saturated rings. The van der Waals surface area contributed by atoms with Gasteiger partial charge in [0.25, 0.3) is 5.91 Å². The van der Waals surface area contributed by atoms with Gasteiger partial charge in [-0.25, -0.2) is 0 Å². The van der Waals surface area contributed by atoms with Gasteiger partial charge in [0.05, 0.1) is 11.1 Å². The largest absolute Gasteiger partial charge is 0.417 e. The van der Waals surface area contributed by atoms with Crippen LogP contribution in [0.4, 0.5) is 13.2 Å². The molecule has 1 aromatic rings. The van der Waals surface area contributed by atoms with Crippen LogP contribution in [0.25, 0.3) is 0 Å².